The first-order valence-electron chi connectivity index (χ1n) is 6.95. The number of ether oxygens (including phenoxy) is 1. The molecule has 1 aromatic heterocycles. The van der Waals surface area contributed by atoms with Crippen LogP contribution in [0.5, 0.6) is 0 Å². The summed E-state index contributed by atoms with van der Waals surface area (Å²) in [6.07, 6.45) is 0.870. The summed E-state index contributed by atoms with van der Waals surface area (Å²) < 4.78 is 4.88. The molecule has 1 aromatic carbocycles. The van der Waals surface area contributed by atoms with Gasteiger partial charge in [0.05, 0.1) is 23.5 Å². The molecule has 0 bridgehead atoms. The van der Waals surface area contributed by atoms with Gasteiger partial charge in [-0.15, -0.1) is 11.3 Å². The number of thiazole rings is 1. The zero-order valence-electron chi connectivity index (χ0n) is 12.4. The maximum atomic E-state index is 11.5. The molecule has 1 N–H and O–H groups in total. The van der Waals surface area contributed by atoms with Gasteiger partial charge in [0.1, 0.15) is 4.88 Å². The molecule has 0 aliphatic heterocycles. The predicted octanol–water partition coefficient (Wildman–Crippen LogP) is 4.47. The molecule has 0 unspecified atom stereocenters. The normalized spacial score (nSPS) is 10.2. The number of unbranched alkanes of at least 4 members (excludes halogenated alkanes) is 1. The number of carbonyl (C=O) groups is 2. The van der Waals surface area contributed by atoms with E-state index in [4.69, 9.17) is 21.2 Å². The Morgan fingerprint density at radius 3 is 2.87 bits per heavy atom. The molecule has 6 nitrogen and oxygen atoms in total. The van der Waals surface area contributed by atoms with Gasteiger partial charge in [0.15, 0.2) is 0 Å². The van der Waals surface area contributed by atoms with E-state index in [0.717, 1.165) is 24.2 Å². The van der Waals surface area contributed by atoms with Crippen LogP contribution in [-0.2, 0) is 9.57 Å². The van der Waals surface area contributed by atoms with E-state index in [-0.39, 0.29) is 0 Å². The smallest absolute Gasteiger partial charge is 0.433 e. The van der Waals surface area contributed by atoms with Gasteiger partial charge in [-0.1, -0.05) is 31.5 Å². The maximum Gasteiger partial charge on any atom is 0.533 e. The molecule has 0 aliphatic carbocycles. The summed E-state index contributed by atoms with van der Waals surface area (Å²) in [6.45, 7) is 2.29. The molecular formula is C15H15ClN2O4S. The molecule has 122 valence electrons. The fraction of sp³-hybridized carbons (Fsp3) is 0.267. The highest BCUT2D eigenvalue weighted by Gasteiger charge is 2.17. The van der Waals surface area contributed by atoms with Gasteiger partial charge >= 0.3 is 6.16 Å². The third-order valence-corrected chi connectivity index (χ3v) is 4.02. The fourth-order valence-corrected chi connectivity index (χ4v) is 2.64. The number of rotatable bonds is 7. The van der Waals surface area contributed by atoms with Crippen molar-refractivity contribution < 1.29 is 19.2 Å². The topological polar surface area (TPSA) is 77.5 Å². The van der Waals surface area contributed by atoms with Crippen LogP contribution in [0.15, 0.2) is 29.8 Å². The number of carbonyl (C=O) groups excluding carboxylic acids is 2. The zero-order chi connectivity index (χ0) is 16.7. The molecule has 2 rings (SSSR count). The minimum Gasteiger partial charge on any atom is -0.433 e. The third kappa shape index (κ3) is 4.67. The Morgan fingerprint density at radius 2 is 2.13 bits per heavy atom. The second kappa shape index (κ2) is 8.50. The first kappa shape index (κ1) is 17.2. The number of nitrogens with one attached hydrogen (secondary N) is 1. The van der Waals surface area contributed by atoms with Crippen LogP contribution in [0.3, 0.4) is 0 Å². The molecule has 0 fully saturated rings. The molecule has 1 heterocycles. The van der Waals surface area contributed by atoms with Crippen LogP contribution in [0.2, 0.25) is 0 Å². The molecule has 2 aromatic rings. The summed E-state index contributed by atoms with van der Waals surface area (Å²) in [4.78, 5) is 32.2. The Kier molecular flexibility index (Phi) is 6.37. The first-order chi connectivity index (χ1) is 11.1. The van der Waals surface area contributed by atoms with E-state index in [1.165, 1.54) is 5.51 Å². The van der Waals surface area contributed by atoms with Gasteiger partial charge in [0.2, 0.25) is 0 Å². The van der Waals surface area contributed by atoms with Gasteiger partial charge in [-0.3, -0.25) is 4.79 Å². The molecule has 0 saturated carbocycles. The van der Waals surface area contributed by atoms with Crippen molar-refractivity contribution in [3.05, 3.63) is 34.7 Å². The monoisotopic (exact) mass is 354 g/mol. The SMILES string of the molecule is CCCCOC(=O)ONc1ccccc1-c1ncsc1C(=O)Cl. The minimum atomic E-state index is -0.819. The van der Waals surface area contributed by atoms with E-state index in [0.29, 0.717) is 28.4 Å². The van der Waals surface area contributed by atoms with E-state index in [1.807, 2.05) is 6.92 Å². The Labute approximate surface area is 142 Å². The summed E-state index contributed by atoms with van der Waals surface area (Å²) in [5.41, 5.74) is 5.56. The number of benzene rings is 1. The molecule has 0 saturated heterocycles. The van der Waals surface area contributed by atoms with Crippen LogP contribution in [0.1, 0.15) is 29.4 Å². The number of anilines is 1. The van der Waals surface area contributed by atoms with Gasteiger partial charge in [0.25, 0.3) is 5.24 Å². The van der Waals surface area contributed by atoms with Crippen LogP contribution in [0.25, 0.3) is 11.3 Å². The molecule has 8 heteroatoms. The van der Waals surface area contributed by atoms with Gasteiger partial charge in [-0.05, 0) is 24.1 Å². The third-order valence-electron chi connectivity index (χ3n) is 2.89. The number of hydrogen-bond donors (Lipinski definition) is 1. The van der Waals surface area contributed by atoms with Crippen molar-refractivity contribution in [3.63, 3.8) is 0 Å². The molecule has 0 spiro atoms. The number of halogens is 1. The summed E-state index contributed by atoms with van der Waals surface area (Å²) in [5, 5.41) is -0.586. The molecule has 0 aliphatic rings. The Bertz CT molecular complexity index is 690. The second-order valence-corrected chi connectivity index (χ2v) is 5.70. The minimum absolute atomic E-state index is 0.301. The van der Waals surface area contributed by atoms with Crippen LogP contribution in [0, 0.1) is 0 Å². The lowest BCUT2D eigenvalue weighted by Crippen LogP contribution is -2.13. The highest BCUT2D eigenvalue weighted by molar-refractivity contribution is 7.14. The van der Waals surface area contributed by atoms with E-state index in [1.54, 1.807) is 24.3 Å². The molecule has 0 radical (unpaired) electrons. The lowest BCUT2D eigenvalue weighted by atomic mass is 10.1. The quantitative estimate of drug-likeness (QED) is 0.342. The van der Waals surface area contributed by atoms with Gasteiger partial charge < -0.3 is 9.57 Å². The van der Waals surface area contributed by atoms with Crippen LogP contribution < -0.4 is 5.48 Å². The van der Waals surface area contributed by atoms with E-state index in [9.17, 15) is 9.59 Å². The Balaban J connectivity index is 2.10. The van der Waals surface area contributed by atoms with E-state index < -0.39 is 11.4 Å². The predicted molar refractivity (Wildman–Crippen MR) is 88.7 cm³/mol. The van der Waals surface area contributed by atoms with Crippen molar-refractivity contribution in [2.24, 2.45) is 0 Å². The average Bonchev–Trinajstić information content (AvgIpc) is 3.03. The number of aromatic nitrogens is 1. The molecule has 23 heavy (non-hydrogen) atoms. The van der Waals surface area contributed by atoms with Gasteiger partial charge in [-0.2, -0.15) is 0 Å². The molecule has 0 atom stereocenters. The van der Waals surface area contributed by atoms with E-state index >= 15 is 0 Å². The van der Waals surface area contributed by atoms with Crippen molar-refractivity contribution in [1.29, 1.82) is 0 Å². The standard InChI is InChI=1S/C15H15ClN2O4S/c1-2-3-8-21-15(20)22-18-11-7-5-4-6-10(11)12-13(14(16)19)23-9-17-12/h4-7,9,18H,2-3,8H2,1H3. The highest BCUT2D eigenvalue weighted by Crippen LogP contribution is 2.32. The van der Waals surface area contributed by atoms with Crippen molar-refractivity contribution in [2.45, 2.75) is 19.8 Å². The van der Waals surface area contributed by atoms with Crippen molar-refractivity contribution in [1.82, 2.24) is 4.98 Å². The Hall–Kier alpha value is -2.12. The zero-order valence-corrected chi connectivity index (χ0v) is 13.9. The average molecular weight is 355 g/mol. The molecule has 0 amide bonds. The van der Waals surface area contributed by atoms with Crippen molar-refractivity contribution in [2.75, 3.05) is 12.1 Å². The second-order valence-electron chi connectivity index (χ2n) is 4.51. The summed E-state index contributed by atoms with van der Waals surface area (Å²) >= 11 is 6.70. The lowest BCUT2D eigenvalue weighted by molar-refractivity contribution is 0.0709. The van der Waals surface area contributed by atoms with Gasteiger partial charge in [-0.25, -0.2) is 15.3 Å². The number of hydrogen-bond acceptors (Lipinski definition) is 7. The lowest BCUT2D eigenvalue weighted by Gasteiger charge is -2.11. The van der Waals surface area contributed by atoms with Crippen molar-refractivity contribution in [3.8, 4) is 11.3 Å². The van der Waals surface area contributed by atoms with E-state index in [2.05, 4.69) is 10.5 Å². The van der Waals surface area contributed by atoms with Crippen LogP contribution in [-0.4, -0.2) is 23.0 Å². The highest BCUT2D eigenvalue weighted by atomic mass is 35.5. The fourth-order valence-electron chi connectivity index (χ4n) is 1.78. The number of nitrogens with zero attached hydrogens (tertiary/aromatic N) is 1. The van der Waals surface area contributed by atoms with Gasteiger partial charge in [0, 0.05) is 5.56 Å². The largest absolute Gasteiger partial charge is 0.533 e. The maximum absolute atomic E-state index is 11.5. The number of para-hydroxylation sites is 1. The summed E-state index contributed by atoms with van der Waals surface area (Å²) in [6, 6.07) is 6.97. The molecular weight excluding hydrogens is 340 g/mol. The van der Waals surface area contributed by atoms with Crippen molar-refractivity contribution >= 4 is 40.0 Å². The van der Waals surface area contributed by atoms with Crippen LogP contribution in [0.4, 0.5) is 10.5 Å². The first-order valence-corrected chi connectivity index (χ1v) is 8.21. The summed E-state index contributed by atoms with van der Waals surface area (Å²) in [5.74, 6) is 0. The Morgan fingerprint density at radius 1 is 1.35 bits per heavy atom. The van der Waals surface area contributed by atoms with Crippen LogP contribution >= 0.6 is 22.9 Å². The summed E-state index contributed by atoms with van der Waals surface area (Å²) in [7, 11) is 0.